The Labute approximate surface area is 105 Å². The minimum Gasteiger partial charge on any atom is -0.341 e. The molecule has 2 aliphatic heterocycles. The predicted octanol–water partition coefficient (Wildman–Crippen LogP) is 2.31. The maximum Gasteiger partial charge on any atom is 0.239 e. The Balaban J connectivity index is 1.86. The average molecular weight is 238 g/mol. The zero-order chi connectivity index (χ0) is 11.9. The van der Waals surface area contributed by atoms with Crippen molar-refractivity contribution in [2.75, 3.05) is 19.6 Å². The highest BCUT2D eigenvalue weighted by atomic mass is 16.2. The summed E-state index contributed by atoms with van der Waals surface area (Å²) in [7, 11) is 0. The molecule has 1 unspecified atom stereocenters. The summed E-state index contributed by atoms with van der Waals surface area (Å²) in [6, 6.07) is 0.108. The number of likely N-dealkylation sites (tertiary alicyclic amines) is 1. The van der Waals surface area contributed by atoms with Crippen LogP contribution in [0.2, 0.25) is 0 Å². The number of hydrogen-bond acceptors (Lipinski definition) is 2. The van der Waals surface area contributed by atoms with Gasteiger partial charge in [-0.05, 0) is 32.2 Å². The Kier molecular flexibility index (Phi) is 5.30. The molecule has 0 spiro atoms. The lowest BCUT2D eigenvalue weighted by Crippen LogP contribution is -2.47. The minimum absolute atomic E-state index is 0.108. The van der Waals surface area contributed by atoms with Crippen molar-refractivity contribution in [3.05, 3.63) is 0 Å². The van der Waals surface area contributed by atoms with Crippen molar-refractivity contribution in [3.63, 3.8) is 0 Å². The van der Waals surface area contributed by atoms with Crippen LogP contribution in [0.3, 0.4) is 0 Å². The van der Waals surface area contributed by atoms with Gasteiger partial charge in [0.25, 0.3) is 0 Å². The molecule has 17 heavy (non-hydrogen) atoms. The van der Waals surface area contributed by atoms with E-state index in [4.69, 9.17) is 0 Å². The number of rotatable bonds is 1. The van der Waals surface area contributed by atoms with Gasteiger partial charge in [-0.2, -0.15) is 0 Å². The van der Waals surface area contributed by atoms with Crippen molar-refractivity contribution >= 4 is 5.91 Å². The molecule has 0 aliphatic carbocycles. The third kappa shape index (κ3) is 3.98. The van der Waals surface area contributed by atoms with Crippen LogP contribution in [-0.2, 0) is 4.79 Å². The lowest BCUT2D eigenvalue weighted by Gasteiger charge is -2.28. The third-order valence-electron chi connectivity index (χ3n) is 4.03. The second-order valence-corrected chi connectivity index (χ2v) is 5.45. The van der Waals surface area contributed by atoms with Gasteiger partial charge in [0.2, 0.25) is 5.91 Å². The molecule has 0 saturated carbocycles. The van der Waals surface area contributed by atoms with E-state index in [1.54, 1.807) is 0 Å². The third-order valence-corrected chi connectivity index (χ3v) is 4.03. The van der Waals surface area contributed by atoms with Crippen molar-refractivity contribution in [2.45, 2.75) is 63.8 Å². The van der Waals surface area contributed by atoms with Crippen molar-refractivity contribution < 1.29 is 4.79 Å². The van der Waals surface area contributed by atoms with Crippen LogP contribution in [0.5, 0.6) is 0 Å². The van der Waals surface area contributed by atoms with E-state index in [9.17, 15) is 4.79 Å². The van der Waals surface area contributed by atoms with Crippen LogP contribution in [0.15, 0.2) is 0 Å². The van der Waals surface area contributed by atoms with Gasteiger partial charge < -0.3 is 10.2 Å². The lowest BCUT2D eigenvalue weighted by atomic mass is 10.1. The molecule has 3 nitrogen and oxygen atoms in total. The van der Waals surface area contributed by atoms with Gasteiger partial charge in [0.15, 0.2) is 0 Å². The van der Waals surface area contributed by atoms with Gasteiger partial charge >= 0.3 is 0 Å². The zero-order valence-corrected chi connectivity index (χ0v) is 10.9. The second-order valence-electron chi connectivity index (χ2n) is 5.45. The topological polar surface area (TPSA) is 32.3 Å². The van der Waals surface area contributed by atoms with Crippen molar-refractivity contribution in [3.8, 4) is 0 Å². The SMILES string of the molecule is O=C(C1CCCCCN1)N1CCCCCCC1. The Bertz CT molecular complexity index is 226. The Morgan fingerprint density at radius 3 is 2.29 bits per heavy atom. The molecule has 2 rings (SSSR count). The van der Waals surface area contributed by atoms with Crippen LogP contribution >= 0.6 is 0 Å². The van der Waals surface area contributed by atoms with Gasteiger partial charge in [-0.15, -0.1) is 0 Å². The van der Waals surface area contributed by atoms with E-state index < -0.39 is 0 Å². The summed E-state index contributed by atoms with van der Waals surface area (Å²) < 4.78 is 0. The molecule has 2 saturated heterocycles. The van der Waals surface area contributed by atoms with Gasteiger partial charge in [-0.25, -0.2) is 0 Å². The highest BCUT2D eigenvalue weighted by Crippen LogP contribution is 2.15. The predicted molar refractivity (Wildman–Crippen MR) is 69.9 cm³/mol. The molecular formula is C14H26N2O. The monoisotopic (exact) mass is 238 g/mol. The second kappa shape index (κ2) is 7.00. The molecule has 1 N–H and O–H groups in total. The van der Waals surface area contributed by atoms with E-state index >= 15 is 0 Å². The van der Waals surface area contributed by atoms with Crippen molar-refractivity contribution in [1.29, 1.82) is 0 Å². The molecule has 98 valence electrons. The molecule has 0 aromatic rings. The standard InChI is InChI=1S/C14H26N2O/c17-14(13-9-5-4-6-10-15-13)16-11-7-2-1-3-8-12-16/h13,15H,1-12H2. The quantitative estimate of drug-likeness (QED) is 0.760. The van der Waals surface area contributed by atoms with Gasteiger partial charge in [-0.1, -0.05) is 32.1 Å². The first-order chi connectivity index (χ1) is 8.38. The maximum absolute atomic E-state index is 12.4. The first kappa shape index (κ1) is 12.9. The van der Waals surface area contributed by atoms with E-state index in [0.29, 0.717) is 5.91 Å². The van der Waals surface area contributed by atoms with E-state index in [1.807, 2.05) is 0 Å². The van der Waals surface area contributed by atoms with Crippen LogP contribution in [0.25, 0.3) is 0 Å². The van der Waals surface area contributed by atoms with Crippen LogP contribution in [0.1, 0.15) is 57.8 Å². The highest BCUT2D eigenvalue weighted by molar-refractivity contribution is 5.81. The largest absolute Gasteiger partial charge is 0.341 e. The smallest absolute Gasteiger partial charge is 0.239 e. The summed E-state index contributed by atoms with van der Waals surface area (Å²) in [5, 5.41) is 3.42. The van der Waals surface area contributed by atoms with Gasteiger partial charge in [0.05, 0.1) is 6.04 Å². The number of amides is 1. The maximum atomic E-state index is 12.4. The Morgan fingerprint density at radius 1 is 0.882 bits per heavy atom. The number of carbonyl (C=O) groups excluding carboxylic acids is 1. The fourth-order valence-electron chi connectivity index (χ4n) is 2.93. The van der Waals surface area contributed by atoms with Crippen molar-refractivity contribution in [2.24, 2.45) is 0 Å². The molecule has 3 heteroatoms. The molecule has 0 aromatic carbocycles. The summed E-state index contributed by atoms with van der Waals surface area (Å²) in [6.07, 6.45) is 11.1. The molecular weight excluding hydrogens is 212 g/mol. The number of hydrogen-bond donors (Lipinski definition) is 1. The molecule has 2 aliphatic rings. The molecule has 0 bridgehead atoms. The van der Waals surface area contributed by atoms with Crippen LogP contribution in [-0.4, -0.2) is 36.5 Å². The first-order valence-electron chi connectivity index (χ1n) is 7.40. The normalized spacial score (nSPS) is 28.0. The van der Waals surface area contributed by atoms with E-state index in [2.05, 4.69) is 10.2 Å². The van der Waals surface area contributed by atoms with Gasteiger partial charge in [0, 0.05) is 13.1 Å². The zero-order valence-electron chi connectivity index (χ0n) is 10.9. The molecule has 2 fully saturated rings. The highest BCUT2D eigenvalue weighted by Gasteiger charge is 2.24. The summed E-state index contributed by atoms with van der Waals surface area (Å²) in [6.45, 7) is 2.98. The number of carbonyl (C=O) groups is 1. The van der Waals surface area contributed by atoms with Gasteiger partial charge in [-0.3, -0.25) is 4.79 Å². The fraction of sp³-hybridized carbons (Fsp3) is 0.929. The number of nitrogens with zero attached hydrogens (tertiary/aromatic N) is 1. The average Bonchev–Trinajstić information content (AvgIpc) is 2.56. The summed E-state index contributed by atoms with van der Waals surface area (Å²) in [5.74, 6) is 0.369. The molecule has 1 amide bonds. The lowest BCUT2D eigenvalue weighted by molar-refractivity contribution is -0.133. The van der Waals surface area contributed by atoms with E-state index in [-0.39, 0.29) is 6.04 Å². The summed E-state index contributed by atoms with van der Waals surface area (Å²) in [4.78, 5) is 14.5. The Morgan fingerprint density at radius 2 is 1.53 bits per heavy atom. The van der Waals surface area contributed by atoms with Gasteiger partial charge in [0.1, 0.15) is 0 Å². The minimum atomic E-state index is 0.108. The summed E-state index contributed by atoms with van der Waals surface area (Å²) >= 11 is 0. The Hall–Kier alpha value is -0.570. The molecule has 0 aromatic heterocycles. The van der Waals surface area contributed by atoms with Crippen molar-refractivity contribution in [1.82, 2.24) is 10.2 Å². The van der Waals surface area contributed by atoms with E-state index in [1.165, 1.54) is 51.4 Å². The van der Waals surface area contributed by atoms with Crippen LogP contribution in [0, 0.1) is 0 Å². The van der Waals surface area contributed by atoms with Crippen LogP contribution < -0.4 is 5.32 Å². The first-order valence-corrected chi connectivity index (χ1v) is 7.40. The van der Waals surface area contributed by atoms with E-state index in [0.717, 1.165) is 26.1 Å². The fourth-order valence-corrected chi connectivity index (χ4v) is 2.93. The summed E-state index contributed by atoms with van der Waals surface area (Å²) in [5.41, 5.74) is 0. The number of nitrogens with one attached hydrogen (secondary N) is 1. The van der Waals surface area contributed by atoms with Crippen LogP contribution in [0.4, 0.5) is 0 Å². The molecule has 2 heterocycles. The molecule has 1 atom stereocenters. The molecule has 0 radical (unpaired) electrons.